The molecule has 0 aromatic heterocycles. The zero-order chi connectivity index (χ0) is 43.8. The van der Waals surface area contributed by atoms with E-state index < -0.39 is 30.0 Å². The number of hydrogen-bond acceptors (Lipinski definition) is 13. The second-order valence-corrected chi connectivity index (χ2v) is 14.3. The van der Waals surface area contributed by atoms with Crippen LogP contribution in [0.25, 0.3) is 0 Å². The van der Waals surface area contributed by atoms with Gasteiger partial charge in [-0.05, 0) is 38.5 Å². The Morgan fingerprint density at radius 2 is 0.864 bits per heavy atom. The van der Waals surface area contributed by atoms with Crippen LogP contribution < -0.4 is 26.0 Å². The molecule has 0 spiro atoms. The molecule has 0 bridgehead atoms. The summed E-state index contributed by atoms with van der Waals surface area (Å²) >= 11 is 3.78. The van der Waals surface area contributed by atoms with Gasteiger partial charge in [0.1, 0.15) is 25.3 Å². The molecule has 0 fully saturated rings. The number of carbonyl (C=O) groups is 7. The first kappa shape index (κ1) is 55.4. The van der Waals surface area contributed by atoms with Gasteiger partial charge in [-0.1, -0.05) is 77.0 Å². The first-order chi connectivity index (χ1) is 28.5. The molecule has 0 rings (SSSR count). The van der Waals surface area contributed by atoms with E-state index in [0.717, 1.165) is 51.4 Å². The van der Waals surface area contributed by atoms with E-state index in [1.807, 2.05) is 0 Å². The second kappa shape index (κ2) is 39.9. The van der Waals surface area contributed by atoms with Crippen LogP contribution >= 0.6 is 12.8 Å². The van der Waals surface area contributed by atoms with Crippen molar-refractivity contribution in [1.82, 2.24) is 26.0 Å². The lowest BCUT2D eigenvalue weighted by Gasteiger charge is -2.14. The summed E-state index contributed by atoms with van der Waals surface area (Å²) in [4.78, 5) is 81.1. The van der Waals surface area contributed by atoms with Crippen molar-refractivity contribution in [3.05, 3.63) is 0 Å². The Balaban J connectivity index is 3.66. The fourth-order valence-corrected chi connectivity index (χ4v) is 5.80. The molecule has 0 aliphatic rings. The summed E-state index contributed by atoms with van der Waals surface area (Å²) in [7, 11) is 0. The molecule has 4 amide bonds. The average molecular weight is 866 g/mol. The summed E-state index contributed by atoms with van der Waals surface area (Å²) in [5.41, 5.74) is 0. The SMILES string of the molecule is O=C(O)CCCCCCCCCCCCCCC(=O)N[C@@H](CCC(=O)NCCOCCOCC(=O)NCCOCCOCC(=O)NCCCC[C@H](NS)C(=O)O)C(=O)O. The van der Waals surface area contributed by atoms with Gasteiger partial charge in [-0.3, -0.25) is 33.5 Å². The van der Waals surface area contributed by atoms with Gasteiger partial charge in [-0.25, -0.2) is 4.79 Å². The van der Waals surface area contributed by atoms with Crippen LogP contribution in [0.15, 0.2) is 0 Å². The number of ether oxygens (including phenoxy) is 4. The maximum Gasteiger partial charge on any atom is 0.326 e. The lowest BCUT2D eigenvalue weighted by molar-refractivity contribution is -0.142. The maximum absolute atomic E-state index is 12.3. The largest absolute Gasteiger partial charge is 0.481 e. The third kappa shape index (κ3) is 38.4. The highest BCUT2D eigenvalue weighted by molar-refractivity contribution is 7.78. The molecule has 0 radical (unpaired) electrons. The molecule has 2 atom stereocenters. The first-order valence-electron chi connectivity index (χ1n) is 20.9. The van der Waals surface area contributed by atoms with Crippen molar-refractivity contribution in [2.75, 3.05) is 72.5 Å². The molecule has 59 heavy (non-hydrogen) atoms. The van der Waals surface area contributed by atoms with Crippen molar-refractivity contribution in [2.24, 2.45) is 0 Å². The number of thiol groups is 1. The number of aliphatic carboxylic acids is 3. The van der Waals surface area contributed by atoms with Crippen molar-refractivity contribution in [3.63, 3.8) is 0 Å². The van der Waals surface area contributed by atoms with Gasteiger partial charge in [0.15, 0.2) is 0 Å². The van der Waals surface area contributed by atoms with Gasteiger partial charge in [0.05, 0.1) is 39.6 Å². The molecule has 8 N–H and O–H groups in total. The zero-order valence-corrected chi connectivity index (χ0v) is 35.5. The molecule has 19 nitrogen and oxygen atoms in total. The van der Waals surface area contributed by atoms with Crippen LogP contribution in [-0.4, -0.2) is 141 Å². The smallest absolute Gasteiger partial charge is 0.326 e. The van der Waals surface area contributed by atoms with Gasteiger partial charge >= 0.3 is 17.9 Å². The highest BCUT2D eigenvalue weighted by Gasteiger charge is 2.21. The number of carboxylic acid groups (broad SMARTS) is 3. The molecule has 0 saturated carbocycles. The summed E-state index contributed by atoms with van der Waals surface area (Å²) in [5, 5.41) is 37.5. The van der Waals surface area contributed by atoms with Crippen molar-refractivity contribution < 1.29 is 67.8 Å². The van der Waals surface area contributed by atoms with Gasteiger partial charge in [-0.15, -0.1) is 0 Å². The Morgan fingerprint density at radius 1 is 0.424 bits per heavy atom. The van der Waals surface area contributed by atoms with E-state index in [2.05, 4.69) is 38.8 Å². The van der Waals surface area contributed by atoms with Gasteiger partial charge < -0.3 is 55.5 Å². The van der Waals surface area contributed by atoms with Crippen LogP contribution in [0.4, 0.5) is 0 Å². The zero-order valence-electron chi connectivity index (χ0n) is 34.6. The molecular formula is C39H71N5O14S. The van der Waals surface area contributed by atoms with E-state index in [-0.39, 0.29) is 115 Å². The number of amides is 4. The minimum absolute atomic E-state index is 0.0364. The Hall–Kier alpha value is -3.56. The van der Waals surface area contributed by atoms with E-state index in [1.165, 1.54) is 19.3 Å². The molecular weight excluding hydrogens is 795 g/mol. The predicted molar refractivity (Wildman–Crippen MR) is 221 cm³/mol. The molecule has 0 unspecified atom stereocenters. The highest BCUT2D eigenvalue weighted by Crippen LogP contribution is 2.13. The molecule has 342 valence electrons. The number of carbonyl (C=O) groups excluding carboxylic acids is 4. The third-order valence-electron chi connectivity index (χ3n) is 8.88. The van der Waals surface area contributed by atoms with E-state index in [4.69, 9.17) is 29.2 Å². The van der Waals surface area contributed by atoms with E-state index in [9.17, 15) is 38.7 Å². The summed E-state index contributed by atoms with van der Waals surface area (Å²) in [6.45, 7) is 1.77. The van der Waals surface area contributed by atoms with Crippen LogP contribution in [0.1, 0.15) is 122 Å². The standard InChI is InChI=1S/C39H71N5O14S/c45-33(19-18-31(38(51)52)43-34(46)16-11-9-7-5-3-1-2-4-6-8-10-12-17-37(49)50)41-21-23-55-25-28-58-30-36(48)42-22-24-56-26-27-57-29-35(47)40-20-14-13-15-32(44-59)39(53)54/h31-32,44,59H,1-30H2,(H,40,47)(H,41,45)(H,42,48)(H,43,46)(H,49,50)(H,51,52)(H,53,54)/t31-,32-/m0/s1. The molecule has 0 aromatic rings. The molecule has 0 aliphatic heterocycles. The average Bonchev–Trinajstić information content (AvgIpc) is 3.19. The third-order valence-corrected chi connectivity index (χ3v) is 9.19. The second-order valence-electron chi connectivity index (χ2n) is 14.0. The van der Waals surface area contributed by atoms with Gasteiger partial charge in [0, 0.05) is 38.9 Å². The van der Waals surface area contributed by atoms with Crippen LogP contribution in [0.2, 0.25) is 0 Å². The van der Waals surface area contributed by atoms with Crippen LogP contribution in [0.5, 0.6) is 0 Å². The number of nitrogens with one attached hydrogen (secondary N) is 5. The van der Waals surface area contributed by atoms with Crippen LogP contribution in [0, 0.1) is 0 Å². The molecule has 0 aliphatic carbocycles. The summed E-state index contributed by atoms with van der Waals surface area (Å²) < 4.78 is 23.6. The predicted octanol–water partition coefficient (Wildman–Crippen LogP) is 2.35. The minimum atomic E-state index is -1.19. The first-order valence-corrected chi connectivity index (χ1v) is 21.4. The number of hydrogen-bond donors (Lipinski definition) is 9. The fraction of sp³-hybridized carbons (Fsp3) is 0.821. The number of rotatable bonds is 43. The fourth-order valence-electron chi connectivity index (χ4n) is 5.56. The summed E-state index contributed by atoms with van der Waals surface area (Å²) in [5.74, 6) is -4.22. The molecule has 0 heterocycles. The normalized spacial score (nSPS) is 12.0. The number of carboxylic acids is 3. The quantitative estimate of drug-likeness (QED) is 0.0314. The van der Waals surface area contributed by atoms with E-state index in [0.29, 0.717) is 32.2 Å². The van der Waals surface area contributed by atoms with E-state index in [1.54, 1.807) is 0 Å². The van der Waals surface area contributed by atoms with Crippen LogP contribution in [0.3, 0.4) is 0 Å². The van der Waals surface area contributed by atoms with Crippen molar-refractivity contribution in [3.8, 4) is 0 Å². The summed E-state index contributed by atoms with van der Waals surface area (Å²) in [6, 6.07) is -1.88. The molecule has 20 heteroatoms. The topological polar surface area (TPSA) is 277 Å². The summed E-state index contributed by atoms with van der Waals surface area (Å²) in [6.07, 6.45) is 14.3. The van der Waals surface area contributed by atoms with Gasteiger partial charge in [-0.2, -0.15) is 0 Å². The monoisotopic (exact) mass is 865 g/mol. The highest BCUT2D eigenvalue weighted by atomic mass is 32.1. The van der Waals surface area contributed by atoms with Crippen molar-refractivity contribution >= 4 is 54.4 Å². The van der Waals surface area contributed by atoms with E-state index >= 15 is 0 Å². The number of unbranched alkanes of at least 4 members (excludes halogenated alkanes) is 12. The Bertz CT molecular complexity index is 1170. The van der Waals surface area contributed by atoms with Crippen molar-refractivity contribution in [1.29, 1.82) is 0 Å². The molecule has 0 saturated heterocycles. The Labute approximate surface area is 354 Å². The maximum atomic E-state index is 12.3. The van der Waals surface area contributed by atoms with Gasteiger partial charge in [0.25, 0.3) is 0 Å². The lowest BCUT2D eigenvalue weighted by atomic mass is 10.0. The van der Waals surface area contributed by atoms with Crippen LogP contribution in [-0.2, 0) is 52.5 Å². The van der Waals surface area contributed by atoms with Crippen molar-refractivity contribution in [2.45, 2.75) is 134 Å². The molecule has 0 aromatic carbocycles. The minimum Gasteiger partial charge on any atom is -0.481 e. The van der Waals surface area contributed by atoms with Gasteiger partial charge in [0.2, 0.25) is 23.6 Å². The Kier molecular flexibility index (Phi) is 37.5. The Morgan fingerprint density at radius 3 is 1.34 bits per heavy atom. The lowest BCUT2D eigenvalue weighted by Crippen LogP contribution is -2.41.